The molecule has 3 aliphatic carbocycles. The topological polar surface area (TPSA) is 140 Å². The number of aromatic amines is 2. The van der Waals surface area contributed by atoms with Crippen molar-refractivity contribution in [3.63, 3.8) is 0 Å². The van der Waals surface area contributed by atoms with Crippen molar-refractivity contribution in [3.8, 4) is 11.3 Å². The summed E-state index contributed by atoms with van der Waals surface area (Å²) in [6, 6.07) is 17.1. The largest absolute Gasteiger partial charge is 0.453 e. The molecule has 5 aliphatic rings. The van der Waals surface area contributed by atoms with Crippen LogP contribution in [-0.2, 0) is 25.2 Å². The number of amides is 3. The number of rotatable bonds is 11. The van der Waals surface area contributed by atoms with Crippen molar-refractivity contribution in [2.24, 2.45) is 5.92 Å². The standard InChI is InChI=1S/C45H58N8O4/c1-29(2)38(51(3)4)42(55)53-26-10-14-35(53)40-47-28-36(49-40)45-22-19-44(20-23-45,21-24-45)32-17-15-30(16-18-32)33-27-46-39(48-33)34-13-9-25-52(34)41(54)37(50-43(56)57-5)31-11-7-6-8-12-31/h6-8,11-12,15-18,27-29,34-35,37-38H,9-10,13-14,19-26H2,1-5H3,(H,46,48)(H,47,49)(H,50,56)/t34-,35-,37+,38-,44?,45?/m0/s1. The lowest BCUT2D eigenvalue weighted by Crippen LogP contribution is -2.48. The van der Waals surface area contributed by atoms with Gasteiger partial charge in [0.2, 0.25) is 5.91 Å². The molecule has 4 heterocycles. The number of carbonyl (C=O) groups is 3. The van der Waals surface area contributed by atoms with Crippen LogP contribution in [0.1, 0.15) is 125 Å². The van der Waals surface area contributed by atoms with E-state index in [1.54, 1.807) is 0 Å². The number of aromatic nitrogens is 4. The number of likely N-dealkylation sites (N-methyl/N-ethyl adjacent to an activating group) is 1. The third-order valence-corrected chi connectivity index (χ3v) is 13.8. The Bertz CT molecular complexity index is 2020. The molecule has 9 rings (SSSR count). The van der Waals surface area contributed by atoms with Crippen LogP contribution in [0.3, 0.4) is 0 Å². The number of likely N-dealkylation sites (tertiary alicyclic amines) is 2. The lowest BCUT2D eigenvalue weighted by Gasteiger charge is -2.53. The molecule has 4 atom stereocenters. The van der Waals surface area contributed by atoms with E-state index in [1.165, 1.54) is 18.4 Å². The van der Waals surface area contributed by atoms with Gasteiger partial charge in [-0.1, -0.05) is 68.4 Å². The first kappa shape index (κ1) is 38.9. The van der Waals surface area contributed by atoms with Crippen molar-refractivity contribution in [1.82, 2.24) is 40.0 Å². The van der Waals surface area contributed by atoms with E-state index in [-0.39, 0.29) is 46.7 Å². The van der Waals surface area contributed by atoms with Crippen LogP contribution in [0.15, 0.2) is 67.0 Å². The molecule has 3 amide bonds. The molecule has 3 saturated carbocycles. The van der Waals surface area contributed by atoms with Crippen molar-refractivity contribution in [2.75, 3.05) is 34.3 Å². The average molecular weight is 775 g/mol. The Balaban J connectivity index is 0.924. The minimum Gasteiger partial charge on any atom is -0.453 e. The van der Waals surface area contributed by atoms with E-state index in [1.807, 2.05) is 55.5 Å². The number of alkyl carbamates (subject to hydrolysis) is 1. The van der Waals surface area contributed by atoms with Gasteiger partial charge in [-0.2, -0.15) is 0 Å². The first-order valence-electron chi connectivity index (χ1n) is 20.9. The van der Waals surface area contributed by atoms with Gasteiger partial charge in [-0.3, -0.25) is 14.5 Å². The van der Waals surface area contributed by atoms with Gasteiger partial charge in [0.05, 0.1) is 37.1 Å². The zero-order chi connectivity index (χ0) is 39.9. The van der Waals surface area contributed by atoms with Gasteiger partial charge in [0, 0.05) is 30.4 Å². The van der Waals surface area contributed by atoms with E-state index in [4.69, 9.17) is 14.7 Å². The van der Waals surface area contributed by atoms with Crippen LogP contribution in [0.5, 0.6) is 0 Å². The Morgan fingerprint density at radius 3 is 1.96 bits per heavy atom. The molecule has 2 aliphatic heterocycles. The monoisotopic (exact) mass is 774 g/mol. The molecule has 0 radical (unpaired) electrons. The maximum Gasteiger partial charge on any atom is 0.407 e. The summed E-state index contributed by atoms with van der Waals surface area (Å²) in [6.07, 6.45) is 13.7. The number of hydrogen-bond acceptors (Lipinski definition) is 7. The summed E-state index contributed by atoms with van der Waals surface area (Å²) in [5, 5.41) is 2.74. The van der Waals surface area contributed by atoms with Gasteiger partial charge in [0.25, 0.3) is 5.91 Å². The second-order valence-corrected chi connectivity index (χ2v) is 17.5. The molecule has 12 heteroatoms. The Morgan fingerprint density at radius 2 is 1.37 bits per heavy atom. The fourth-order valence-electron chi connectivity index (χ4n) is 10.6. The van der Waals surface area contributed by atoms with Crippen LogP contribution in [-0.4, -0.2) is 92.9 Å². The van der Waals surface area contributed by atoms with Crippen LogP contribution < -0.4 is 5.32 Å². The van der Waals surface area contributed by atoms with Gasteiger partial charge in [0.1, 0.15) is 17.7 Å². The summed E-state index contributed by atoms with van der Waals surface area (Å²) < 4.78 is 4.85. The Hall–Kier alpha value is -4.97. The van der Waals surface area contributed by atoms with E-state index >= 15 is 0 Å². The first-order valence-corrected chi connectivity index (χ1v) is 20.9. The lowest BCUT2D eigenvalue weighted by molar-refractivity contribution is -0.138. The minimum atomic E-state index is -0.854. The Kier molecular flexibility index (Phi) is 10.7. The van der Waals surface area contributed by atoms with Gasteiger partial charge in [0.15, 0.2) is 0 Å². The van der Waals surface area contributed by atoms with Crippen molar-refractivity contribution in [3.05, 3.63) is 95.5 Å². The highest BCUT2D eigenvalue weighted by Crippen LogP contribution is 2.58. The van der Waals surface area contributed by atoms with E-state index in [9.17, 15) is 14.4 Å². The molecule has 4 aromatic rings. The van der Waals surface area contributed by atoms with Gasteiger partial charge in [-0.25, -0.2) is 14.8 Å². The van der Waals surface area contributed by atoms with Crippen molar-refractivity contribution in [1.29, 1.82) is 0 Å². The zero-order valence-corrected chi connectivity index (χ0v) is 34.1. The number of H-pyrrole nitrogens is 2. The maximum absolute atomic E-state index is 14.0. The minimum absolute atomic E-state index is 0.0153. The number of nitrogens with zero attached hydrogens (tertiary/aromatic N) is 5. The molecule has 2 aromatic carbocycles. The molecule has 5 fully saturated rings. The van der Waals surface area contributed by atoms with E-state index in [2.05, 4.69) is 69.4 Å². The zero-order valence-electron chi connectivity index (χ0n) is 34.1. The average Bonchev–Trinajstić information content (AvgIpc) is 4.07. The SMILES string of the molecule is COC(=O)N[C@@H](C(=O)N1CCC[C@H]1c1ncc(-c2ccc(C34CCC(c5cnc([C@@H]6CCCN6C(=O)[C@H](C(C)C)N(C)C)[nH]5)(CC3)CC4)cc2)[nH]1)c1ccccc1. The Morgan fingerprint density at radius 1 is 0.789 bits per heavy atom. The highest BCUT2D eigenvalue weighted by Gasteiger charge is 2.51. The number of imidazole rings is 2. The number of ether oxygens (including phenoxy) is 1. The van der Waals surface area contributed by atoms with Gasteiger partial charge < -0.3 is 29.8 Å². The molecule has 2 bridgehead atoms. The molecule has 0 unspecified atom stereocenters. The second-order valence-electron chi connectivity index (χ2n) is 17.5. The van der Waals surface area contributed by atoms with E-state index in [0.717, 1.165) is 93.7 Å². The smallest absolute Gasteiger partial charge is 0.407 e. The molecule has 0 spiro atoms. The second kappa shape index (κ2) is 15.8. The normalized spacial score (nSPS) is 25.6. The van der Waals surface area contributed by atoms with Gasteiger partial charge in [-0.05, 0) is 106 Å². The highest BCUT2D eigenvalue weighted by molar-refractivity contribution is 5.87. The third kappa shape index (κ3) is 7.26. The third-order valence-electron chi connectivity index (χ3n) is 13.8. The van der Waals surface area contributed by atoms with Gasteiger partial charge >= 0.3 is 6.09 Å². The summed E-state index contributed by atoms with van der Waals surface area (Å²) in [7, 11) is 5.30. The maximum atomic E-state index is 14.0. The van der Waals surface area contributed by atoms with Crippen LogP contribution in [0.2, 0.25) is 0 Å². The predicted octanol–water partition coefficient (Wildman–Crippen LogP) is 7.35. The quantitative estimate of drug-likeness (QED) is 0.145. The molecular formula is C45H58N8O4. The first-order chi connectivity index (χ1) is 27.5. The molecule has 2 saturated heterocycles. The van der Waals surface area contributed by atoms with E-state index in [0.29, 0.717) is 12.1 Å². The van der Waals surface area contributed by atoms with Crippen molar-refractivity contribution in [2.45, 2.75) is 113 Å². The molecule has 57 heavy (non-hydrogen) atoms. The Labute approximate surface area is 336 Å². The van der Waals surface area contributed by atoms with Crippen LogP contribution in [0.25, 0.3) is 11.3 Å². The van der Waals surface area contributed by atoms with Crippen molar-refractivity contribution < 1.29 is 19.1 Å². The molecule has 302 valence electrons. The van der Waals surface area contributed by atoms with Crippen LogP contribution in [0.4, 0.5) is 4.79 Å². The summed E-state index contributed by atoms with van der Waals surface area (Å²) in [5.74, 6) is 1.97. The number of nitrogens with one attached hydrogen (secondary N) is 3. The molecular weight excluding hydrogens is 717 g/mol. The number of benzene rings is 2. The summed E-state index contributed by atoms with van der Waals surface area (Å²) in [4.78, 5) is 62.9. The highest BCUT2D eigenvalue weighted by atomic mass is 16.5. The number of hydrogen-bond donors (Lipinski definition) is 3. The summed E-state index contributed by atoms with van der Waals surface area (Å²) in [6.45, 7) is 5.63. The fourth-order valence-corrected chi connectivity index (χ4v) is 10.6. The van der Waals surface area contributed by atoms with E-state index < -0.39 is 12.1 Å². The lowest BCUT2D eigenvalue weighted by atomic mass is 9.51. The van der Waals surface area contributed by atoms with Crippen LogP contribution >= 0.6 is 0 Å². The molecule has 3 N–H and O–H groups in total. The van der Waals surface area contributed by atoms with Crippen molar-refractivity contribution >= 4 is 17.9 Å². The fraction of sp³-hybridized carbons (Fsp3) is 0.533. The summed E-state index contributed by atoms with van der Waals surface area (Å²) >= 11 is 0. The number of fused-ring (bicyclic) bond motifs is 3. The van der Waals surface area contributed by atoms with Gasteiger partial charge in [-0.15, -0.1) is 0 Å². The number of carbonyl (C=O) groups excluding carboxylic acids is 3. The number of methoxy groups -OCH3 is 1. The molecule has 12 nitrogen and oxygen atoms in total. The molecule has 2 aromatic heterocycles. The predicted molar refractivity (Wildman–Crippen MR) is 218 cm³/mol. The summed E-state index contributed by atoms with van der Waals surface area (Å²) in [5.41, 5.74) is 5.64. The van der Waals surface area contributed by atoms with Crippen LogP contribution in [0, 0.1) is 5.92 Å².